The van der Waals surface area contributed by atoms with E-state index in [-0.39, 0.29) is 36.1 Å². The van der Waals surface area contributed by atoms with Crippen molar-refractivity contribution in [2.24, 2.45) is 5.92 Å². The molecular weight excluding hydrogens is 413 g/mol. The van der Waals surface area contributed by atoms with Crippen molar-refractivity contribution >= 4 is 23.3 Å². The molecule has 5 rings (SSSR count). The summed E-state index contributed by atoms with van der Waals surface area (Å²) in [6, 6.07) is 12.5. The van der Waals surface area contributed by atoms with Crippen LogP contribution >= 0.6 is 0 Å². The van der Waals surface area contributed by atoms with Gasteiger partial charge in [-0.3, -0.25) is 4.79 Å². The minimum atomic E-state index is -0.524. The Kier molecular flexibility index (Phi) is 5.57. The summed E-state index contributed by atoms with van der Waals surface area (Å²) in [4.78, 5) is 29.8. The second-order valence-corrected chi connectivity index (χ2v) is 8.55. The summed E-state index contributed by atoms with van der Waals surface area (Å²) in [5.41, 5.74) is 1.89. The lowest BCUT2D eigenvalue weighted by Crippen LogP contribution is -2.71. The third kappa shape index (κ3) is 3.43. The van der Waals surface area contributed by atoms with Gasteiger partial charge >= 0.3 is 6.03 Å². The molecule has 0 saturated carbocycles. The van der Waals surface area contributed by atoms with E-state index in [4.69, 9.17) is 4.74 Å². The second kappa shape index (κ2) is 8.52. The molecule has 3 aliphatic rings. The standard InChI is InChI=1S/C24H26FN3O4/c25-17-6-2-3-7-18(17)26-24(31)28-20-13-27(23(30)15-9-11-32-12-10-15)19-8-4-1-5-16(19)22(20)21(28)14-29/h1-8,15,20-22,29H,9-14H2,(H,26,31)/t20-,21+,22+/m0/s1. The smallest absolute Gasteiger partial charge is 0.322 e. The lowest BCUT2D eigenvalue weighted by molar-refractivity contribution is -0.126. The highest BCUT2D eigenvalue weighted by Crippen LogP contribution is 2.48. The molecule has 0 aromatic heterocycles. The van der Waals surface area contributed by atoms with Crippen LogP contribution in [0.2, 0.25) is 0 Å². The first kappa shape index (κ1) is 20.9. The average Bonchev–Trinajstić information content (AvgIpc) is 2.81. The number of ether oxygens (including phenoxy) is 1. The first-order valence-corrected chi connectivity index (χ1v) is 11.0. The fourth-order valence-electron chi connectivity index (χ4n) is 5.28. The van der Waals surface area contributed by atoms with Crippen LogP contribution in [0.15, 0.2) is 48.5 Å². The van der Waals surface area contributed by atoms with E-state index < -0.39 is 17.9 Å². The van der Waals surface area contributed by atoms with Gasteiger partial charge < -0.3 is 25.0 Å². The Morgan fingerprint density at radius 3 is 2.56 bits per heavy atom. The highest BCUT2D eigenvalue weighted by atomic mass is 19.1. The highest BCUT2D eigenvalue weighted by molar-refractivity contribution is 5.98. The van der Waals surface area contributed by atoms with E-state index in [1.165, 1.54) is 12.1 Å². The van der Waals surface area contributed by atoms with Gasteiger partial charge in [-0.15, -0.1) is 0 Å². The van der Waals surface area contributed by atoms with Gasteiger partial charge in [-0.2, -0.15) is 0 Å². The number of anilines is 2. The normalized spacial score (nSPS) is 24.9. The average molecular weight is 439 g/mol. The van der Waals surface area contributed by atoms with E-state index >= 15 is 0 Å². The van der Waals surface area contributed by atoms with Crippen LogP contribution in [0, 0.1) is 11.7 Å². The number of carbonyl (C=O) groups excluding carboxylic acids is 2. The predicted octanol–water partition coefficient (Wildman–Crippen LogP) is 2.96. The minimum Gasteiger partial charge on any atom is -0.394 e. The number of carbonyl (C=O) groups is 2. The van der Waals surface area contributed by atoms with Crippen molar-refractivity contribution in [1.29, 1.82) is 0 Å². The zero-order valence-electron chi connectivity index (χ0n) is 17.6. The molecule has 2 fully saturated rings. The van der Waals surface area contributed by atoms with Gasteiger partial charge in [-0.05, 0) is 36.6 Å². The van der Waals surface area contributed by atoms with Crippen LogP contribution in [0.4, 0.5) is 20.6 Å². The Labute approximate surface area is 185 Å². The van der Waals surface area contributed by atoms with Crippen molar-refractivity contribution in [1.82, 2.24) is 4.90 Å². The van der Waals surface area contributed by atoms with Crippen molar-refractivity contribution < 1.29 is 23.8 Å². The molecule has 2 aromatic rings. The number of nitrogens with one attached hydrogen (secondary N) is 1. The topological polar surface area (TPSA) is 82.1 Å². The fraction of sp³-hybridized carbons (Fsp3) is 0.417. The van der Waals surface area contributed by atoms with Gasteiger partial charge in [0.15, 0.2) is 0 Å². The number of hydrogen-bond acceptors (Lipinski definition) is 4. The molecule has 32 heavy (non-hydrogen) atoms. The van der Waals surface area contributed by atoms with Crippen LogP contribution in [0.1, 0.15) is 24.3 Å². The lowest BCUT2D eigenvalue weighted by Gasteiger charge is -2.58. The molecule has 0 spiro atoms. The summed E-state index contributed by atoms with van der Waals surface area (Å²) in [5, 5.41) is 12.7. The van der Waals surface area contributed by atoms with Crippen LogP contribution < -0.4 is 10.2 Å². The molecule has 3 amide bonds. The summed E-state index contributed by atoms with van der Waals surface area (Å²) in [5.74, 6) is -0.672. The summed E-state index contributed by atoms with van der Waals surface area (Å²) in [7, 11) is 0. The van der Waals surface area contributed by atoms with Gasteiger partial charge in [0.2, 0.25) is 5.91 Å². The van der Waals surface area contributed by atoms with Crippen molar-refractivity contribution in [2.45, 2.75) is 30.8 Å². The molecule has 3 heterocycles. The fourth-order valence-corrected chi connectivity index (χ4v) is 5.28. The molecule has 2 N–H and O–H groups in total. The number of rotatable bonds is 3. The number of amides is 3. The van der Waals surface area contributed by atoms with Gasteiger partial charge in [-0.1, -0.05) is 30.3 Å². The lowest BCUT2D eigenvalue weighted by atomic mass is 9.72. The molecule has 7 nitrogen and oxygen atoms in total. The number of benzene rings is 2. The molecule has 0 bridgehead atoms. The van der Waals surface area contributed by atoms with E-state index in [1.54, 1.807) is 21.9 Å². The highest BCUT2D eigenvalue weighted by Gasteiger charge is 2.55. The zero-order valence-corrected chi connectivity index (χ0v) is 17.6. The zero-order chi connectivity index (χ0) is 22.2. The third-order valence-corrected chi connectivity index (χ3v) is 6.87. The van der Waals surface area contributed by atoms with Gasteiger partial charge in [0.1, 0.15) is 5.82 Å². The van der Waals surface area contributed by atoms with E-state index in [0.29, 0.717) is 32.6 Å². The molecule has 0 aliphatic carbocycles. The largest absolute Gasteiger partial charge is 0.394 e. The first-order chi connectivity index (χ1) is 15.6. The first-order valence-electron chi connectivity index (χ1n) is 11.0. The number of likely N-dealkylation sites (tertiary alicyclic amines) is 1. The summed E-state index contributed by atoms with van der Waals surface area (Å²) >= 11 is 0. The number of hydrogen-bond donors (Lipinski definition) is 2. The Balaban J connectivity index is 1.43. The molecule has 3 atom stereocenters. The maximum absolute atomic E-state index is 14.1. The summed E-state index contributed by atoms with van der Waals surface area (Å²) in [6.07, 6.45) is 1.37. The van der Waals surface area contributed by atoms with Crippen LogP contribution in [-0.2, 0) is 9.53 Å². The van der Waals surface area contributed by atoms with Crippen molar-refractivity contribution in [3.63, 3.8) is 0 Å². The van der Waals surface area contributed by atoms with E-state index in [2.05, 4.69) is 5.32 Å². The quantitative estimate of drug-likeness (QED) is 0.771. The number of fused-ring (bicyclic) bond motifs is 3. The molecule has 2 aromatic carbocycles. The number of urea groups is 1. The maximum atomic E-state index is 14.1. The molecule has 0 radical (unpaired) electrons. The molecule has 2 saturated heterocycles. The van der Waals surface area contributed by atoms with Gasteiger partial charge in [0, 0.05) is 37.3 Å². The predicted molar refractivity (Wildman–Crippen MR) is 117 cm³/mol. The minimum absolute atomic E-state index is 0.0427. The monoisotopic (exact) mass is 439 g/mol. The van der Waals surface area contributed by atoms with E-state index in [0.717, 1.165) is 11.3 Å². The van der Waals surface area contributed by atoms with Crippen molar-refractivity contribution in [2.75, 3.05) is 36.6 Å². The van der Waals surface area contributed by atoms with Crippen LogP contribution in [0.3, 0.4) is 0 Å². The Hall–Kier alpha value is -2.97. The van der Waals surface area contributed by atoms with Gasteiger partial charge in [-0.25, -0.2) is 9.18 Å². The molecule has 8 heteroatoms. The molecule has 3 aliphatic heterocycles. The molecule has 168 valence electrons. The second-order valence-electron chi connectivity index (χ2n) is 8.55. The van der Waals surface area contributed by atoms with E-state index in [9.17, 15) is 19.1 Å². The molecular formula is C24H26FN3O4. The van der Waals surface area contributed by atoms with Gasteiger partial charge in [0.25, 0.3) is 0 Å². The van der Waals surface area contributed by atoms with Gasteiger partial charge in [0.05, 0.1) is 24.4 Å². The van der Waals surface area contributed by atoms with E-state index in [1.807, 2.05) is 24.3 Å². The van der Waals surface area contributed by atoms with Crippen LogP contribution in [0.5, 0.6) is 0 Å². The molecule has 0 unspecified atom stereocenters. The van der Waals surface area contributed by atoms with Crippen LogP contribution in [-0.4, -0.2) is 60.4 Å². The number of aliphatic hydroxyl groups is 1. The maximum Gasteiger partial charge on any atom is 0.322 e. The number of aliphatic hydroxyl groups excluding tert-OH is 1. The Bertz CT molecular complexity index is 1030. The third-order valence-electron chi connectivity index (χ3n) is 6.87. The number of para-hydroxylation sites is 2. The number of halogens is 1. The Morgan fingerprint density at radius 1 is 1.09 bits per heavy atom. The SMILES string of the molecule is O=C(C1CCOCC1)N1C[C@H]2[C@@H](c3ccccc31)[C@@H](CO)N2C(=O)Nc1ccccc1F. The Morgan fingerprint density at radius 2 is 1.81 bits per heavy atom. The van der Waals surface area contributed by atoms with Crippen molar-refractivity contribution in [3.8, 4) is 0 Å². The van der Waals surface area contributed by atoms with Crippen LogP contribution in [0.25, 0.3) is 0 Å². The number of nitrogens with zero attached hydrogens (tertiary/aromatic N) is 2. The summed E-state index contributed by atoms with van der Waals surface area (Å²) in [6.45, 7) is 1.27. The summed E-state index contributed by atoms with van der Waals surface area (Å²) < 4.78 is 19.5. The van der Waals surface area contributed by atoms with Crippen molar-refractivity contribution in [3.05, 3.63) is 59.9 Å².